The molecule has 6 nitrogen and oxygen atoms in total. The summed E-state index contributed by atoms with van der Waals surface area (Å²) in [6.07, 6.45) is 1.70. The van der Waals surface area contributed by atoms with Gasteiger partial charge in [0, 0.05) is 32.7 Å². The first-order valence-electron chi connectivity index (χ1n) is 10.7. The Bertz CT molecular complexity index is 1050. The Labute approximate surface area is 183 Å². The van der Waals surface area contributed by atoms with Gasteiger partial charge in [-0.25, -0.2) is 12.8 Å². The molecule has 0 atom stereocenters. The molecule has 0 aromatic heterocycles. The first-order chi connectivity index (χ1) is 14.8. The zero-order valence-electron chi connectivity index (χ0n) is 17.8. The van der Waals surface area contributed by atoms with Crippen LogP contribution in [-0.4, -0.2) is 62.8 Å². The zero-order chi connectivity index (χ0) is 22.0. The van der Waals surface area contributed by atoms with Crippen LogP contribution in [0.3, 0.4) is 0 Å². The van der Waals surface area contributed by atoms with Crippen LogP contribution in [0.2, 0.25) is 0 Å². The van der Waals surface area contributed by atoms with E-state index in [0.717, 1.165) is 29.5 Å². The van der Waals surface area contributed by atoms with E-state index in [0.29, 0.717) is 25.3 Å². The molecule has 0 spiro atoms. The molecule has 0 N–H and O–H groups in total. The standard InChI is InChI=1S/C23H28FN3O3S/c1-18-14-20-8-5-9-26(23(20)21(24)15-18)16-22(28)25-10-12-27(13-11-25)31(29,30)17-19-6-3-2-4-7-19/h2-4,6-7,14-15H,5,8-13,16-17H2,1H3. The second-order valence-corrected chi connectivity index (χ2v) is 10.3. The average molecular weight is 446 g/mol. The Morgan fingerprint density at radius 2 is 1.74 bits per heavy atom. The minimum Gasteiger partial charge on any atom is -0.360 e. The Balaban J connectivity index is 1.36. The van der Waals surface area contributed by atoms with Gasteiger partial charge in [-0.05, 0) is 42.5 Å². The second-order valence-electron chi connectivity index (χ2n) is 8.30. The van der Waals surface area contributed by atoms with Crippen LogP contribution < -0.4 is 4.90 Å². The first kappa shape index (κ1) is 21.8. The van der Waals surface area contributed by atoms with Gasteiger partial charge in [-0.15, -0.1) is 0 Å². The van der Waals surface area contributed by atoms with Crippen molar-refractivity contribution in [2.75, 3.05) is 44.2 Å². The van der Waals surface area contributed by atoms with E-state index in [9.17, 15) is 17.6 Å². The van der Waals surface area contributed by atoms with Gasteiger partial charge in [0.05, 0.1) is 18.0 Å². The summed E-state index contributed by atoms with van der Waals surface area (Å²) >= 11 is 0. The fourth-order valence-corrected chi connectivity index (χ4v) is 5.95. The van der Waals surface area contributed by atoms with Crippen molar-refractivity contribution in [1.82, 2.24) is 9.21 Å². The quantitative estimate of drug-likeness (QED) is 0.710. The lowest BCUT2D eigenvalue weighted by molar-refractivity contribution is -0.130. The monoisotopic (exact) mass is 445 g/mol. The molecule has 4 rings (SSSR count). The maximum Gasteiger partial charge on any atom is 0.242 e. The molecule has 0 aliphatic carbocycles. The summed E-state index contributed by atoms with van der Waals surface area (Å²) in [6, 6.07) is 12.6. The number of benzene rings is 2. The highest BCUT2D eigenvalue weighted by Crippen LogP contribution is 2.31. The van der Waals surface area contributed by atoms with Crippen molar-refractivity contribution in [2.45, 2.75) is 25.5 Å². The number of halogens is 1. The van der Waals surface area contributed by atoms with Gasteiger partial charge in [-0.2, -0.15) is 4.31 Å². The number of hydrogen-bond acceptors (Lipinski definition) is 4. The number of rotatable bonds is 5. The van der Waals surface area contributed by atoms with Gasteiger partial charge in [0.25, 0.3) is 0 Å². The number of aryl methyl sites for hydroxylation is 2. The largest absolute Gasteiger partial charge is 0.360 e. The zero-order valence-corrected chi connectivity index (χ0v) is 18.6. The highest BCUT2D eigenvalue weighted by atomic mass is 32.2. The lowest BCUT2D eigenvalue weighted by Gasteiger charge is -2.37. The molecule has 1 saturated heterocycles. The van der Waals surface area contributed by atoms with E-state index < -0.39 is 10.0 Å². The van der Waals surface area contributed by atoms with Gasteiger partial charge in [0.15, 0.2) is 0 Å². The number of amides is 1. The maximum absolute atomic E-state index is 14.6. The average Bonchev–Trinajstić information content (AvgIpc) is 2.74. The molecule has 0 saturated carbocycles. The van der Waals surface area contributed by atoms with Gasteiger partial charge in [0.2, 0.25) is 15.9 Å². The normalized spacial score (nSPS) is 17.5. The fourth-order valence-electron chi connectivity index (χ4n) is 4.44. The number of fused-ring (bicyclic) bond motifs is 1. The molecule has 0 radical (unpaired) electrons. The van der Waals surface area contributed by atoms with Crippen LogP contribution >= 0.6 is 0 Å². The number of sulfonamides is 1. The molecule has 31 heavy (non-hydrogen) atoms. The summed E-state index contributed by atoms with van der Waals surface area (Å²) in [7, 11) is -3.43. The summed E-state index contributed by atoms with van der Waals surface area (Å²) in [5.74, 6) is -0.405. The molecule has 8 heteroatoms. The molecule has 166 valence electrons. The summed E-state index contributed by atoms with van der Waals surface area (Å²) < 4.78 is 41.5. The molecule has 2 aromatic rings. The lowest BCUT2D eigenvalue weighted by Crippen LogP contribution is -2.53. The van der Waals surface area contributed by atoms with E-state index in [4.69, 9.17) is 0 Å². The third-order valence-electron chi connectivity index (χ3n) is 5.98. The fraction of sp³-hybridized carbons (Fsp3) is 0.435. The number of carbonyl (C=O) groups is 1. The first-order valence-corrected chi connectivity index (χ1v) is 12.3. The Hall–Kier alpha value is -2.45. The molecule has 1 fully saturated rings. The van der Waals surface area contributed by atoms with Crippen LogP contribution in [0, 0.1) is 12.7 Å². The number of anilines is 1. The minimum atomic E-state index is -3.43. The molecule has 2 aromatic carbocycles. The van der Waals surface area contributed by atoms with E-state index in [1.807, 2.05) is 36.1 Å². The van der Waals surface area contributed by atoms with Gasteiger partial charge >= 0.3 is 0 Å². The predicted molar refractivity (Wildman–Crippen MR) is 119 cm³/mol. The smallest absolute Gasteiger partial charge is 0.242 e. The summed E-state index contributed by atoms with van der Waals surface area (Å²) in [5, 5.41) is 0. The summed E-state index contributed by atoms with van der Waals surface area (Å²) in [6.45, 7) is 3.90. The molecule has 2 heterocycles. The predicted octanol–water partition coefficient (Wildman–Crippen LogP) is 2.56. The molecule has 1 amide bonds. The Morgan fingerprint density at radius 3 is 2.45 bits per heavy atom. The van der Waals surface area contributed by atoms with E-state index in [1.165, 1.54) is 10.4 Å². The molecule has 2 aliphatic heterocycles. The Morgan fingerprint density at radius 1 is 1.03 bits per heavy atom. The van der Waals surface area contributed by atoms with Gasteiger partial charge in [-0.1, -0.05) is 36.4 Å². The summed E-state index contributed by atoms with van der Waals surface area (Å²) in [4.78, 5) is 16.4. The molecule has 0 unspecified atom stereocenters. The van der Waals surface area contributed by atoms with E-state index in [-0.39, 0.29) is 37.1 Å². The van der Waals surface area contributed by atoms with Crippen molar-refractivity contribution in [3.05, 3.63) is 65.0 Å². The van der Waals surface area contributed by atoms with Crippen molar-refractivity contribution < 1.29 is 17.6 Å². The topological polar surface area (TPSA) is 60.9 Å². The minimum absolute atomic E-state index is 0.0367. The number of carbonyl (C=O) groups excluding carboxylic acids is 1. The SMILES string of the molecule is Cc1cc(F)c2c(c1)CCCN2CC(=O)N1CCN(S(=O)(=O)Cc2ccccc2)CC1. The van der Waals surface area contributed by atoms with Crippen LogP contribution in [0.4, 0.5) is 10.1 Å². The number of nitrogens with zero attached hydrogens (tertiary/aromatic N) is 3. The Kier molecular flexibility index (Phi) is 6.29. The third-order valence-corrected chi connectivity index (χ3v) is 7.83. The van der Waals surface area contributed by atoms with Gasteiger partial charge < -0.3 is 9.80 Å². The van der Waals surface area contributed by atoms with Crippen molar-refractivity contribution in [3.8, 4) is 0 Å². The highest BCUT2D eigenvalue weighted by Gasteiger charge is 2.30. The van der Waals surface area contributed by atoms with Crippen molar-refractivity contribution in [2.24, 2.45) is 0 Å². The van der Waals surface area contributed by atoms with Crippen LogP contribution in [0.1, 0.15) is 23.1 Å². The van der Waals surface area contributed by atoms with Crippen molar-refractivity contribution >= 4 is 21.6 Å². The maximum atomic E-state index is 14.6. The van der Waals surface area contributed by atoms with Gasteiger partial charge in [0.1, 0.15) is 5.82 Å². The van der Waals surface area contributed by atoms with Crippen molar-refractivity contribution in [3.63, 3.8) is 0 Å². The molecule has 2 aliphatic rings. The van der Waals surface area contributed by atoms with Crippen LogP contribution in [0.15, 0.2) is 42.5 Å². The number of piperazine rings is 1. The third kappa shape index (κ3) is 4.91. The molecular weight excluding hydrogens is 417 g/mol. The molecular formula is C23H28FN3O3S. The molecule has 0 bridgehead atoms. The van der Waals surface area contributed by atoms with E-state index in [2.05, 4.69) is 0 Å². The second kappa shape index (κ2) is 8.96. The number of hydrogen-bond donors (Lipinski definition) is 0. The van der Waals surface area contributed by atoms with E-state index in [1.54, 1.807) is 17.0 Å². The lowest BCUT2D eigenvalue weighted by atomic mass is 9.99. The van der Waals surface area contributed by atoms with Gasteiger partial charge in [-0.3, -0.25) is 4.79 Å². The van der Waals surface area contributed by atoms with Crippen molar-refractivity contribution in [1.29, 1.82) is 0 Å². The summed E-state index contributed by atoms with van der Waals surface area (Å²) in [5.41, 5.74) is 3.13. The van der Waals surface area contributed by atoms with Crippen LogP contribution in [-0.2, 0) is 27.0 Å². The highest BCUT2D eigenvalue weighted by molar-refractivity contribution is 7.88. The van der Waals surface area contributed by atoms with Crippen LogP contribution in [0.5, 0.6) is 0 Å². The van der Waals surface area contributed by atoms with E-state index >= 15 is 0 Å². The van der Waals surface area contributed by atoms with Crippen LogP contribution in [0.25, 0.3) is 0 Å².